The van der Waals surface area contributed by atoms with E-state index in [1.807, 2.05) is 20.8 Å². The van der Waals surface area contributed by atoms with E-state index < -0.39 is 17.8 Å². The molecule has 0 aromatic heterocycles. The molecule has 8 heteroatoms. The lowest BCUT2D eigenvalue weighted by atomic mass is 9.88. The number of alkyl carbamates (subject to hydrolysis) is 2. The third-order valence-electron chi connectivity index (χ3n) is 4.31. The Labute approximate surface area is 175 Å². The molecule has 29 heavy (non-hydrogen) atoms. The van der Waals surface area contributed by atoms with Crippen LogP contribution in [0.2, 0.25) is 0 Å². The molecule has 0 rings (SSSR count). The zero-order valence-corrected chi connectivity index (χ0v) is 18.2. The highest BCUT2D eigenvalue weighted by molar-refractivity contribution is 5.67. The molecule has 0 saturated carbocycles. The summed E-state index contributed by atoms with van der Waals surface area (Å²) in [6, 6.07) is 0. The Morgan fingerprint density at radius 1 is 0.931 bits per heavy atom. The fourth-order valence-electron chi connectivity index (χ4n) is 2.28. The Morgan fingerprint density at radius 2 is 1.48 bits per heavy atom. The van der Waals surface area contributed by atoms with Crippen LogP contribution < -0.4 is 10.6 Å². The van der Waals surface area contributed by atoms with Crippen molar-refractivity contribution in [3.8, 4) is 0 Å². The SMILES string of the molecule is C=CCOCCNC(=O)OCCCCC(C)C(C)(C)OC(=O)NCCOCC=C. The molecule has 0 fully saturated rings. The fourth-order valence-corrected chi connectivity index (χ4v) is 2.28. The summed E-state index contributed by atoms with van der Waals surface area (Å²) >= 11 is 0. The molecule has 0 aromatic rings. The van der Waals surface area contributed by atoms with Crippen molar-refractivity contribution in [1.82, 2.24) is 10.6 Å². The van der Waals surface area contributed by atoms with Gasteiger partial charge in [0.1, 0.15) is 5.60 Å². The molecule has 0 spiro atoms. The molecule has 0 bridgehead atoms. The van der Waals surface area contributed by atoms with Crippen LogP contribution in [-0.4, -0.2) is 63.9 Å². The quantitative estimate of drug-likeness (QED) is 0.280. The van der Waals surface area contributed by atoms with E-state index >= 15 is 0 Å². The van der Waals surface area contributed by atoms with Crippen LogP contribution in [0.1, 0.15) is 40.0 Å². The van der Waals surface area contributed by atoms with E-state index in [0.717, 1.165) is 19.3 Å². The average molecular weight is 415 g/mol. The van der Waals surface area contributed by atoms with Crippen LogP contribution in [0, 0.1) is 5.92 Å². The van der Waals surface area contributed by atoms with Crippen molar-refractivity contribution in [2.75, 3.05) is 46.1 Å². The van der Waals surface area contributed by atoms with Crippen LogP contribution in [0.5, 0.6) is 0 Å². The van der Waals surface area contributed by atoms with Crippen molar-refractivity contribution in [2.24, 2.45) is 5.92 Å². The summed E-state index contributed by atoms with van der Waals surface area (Å²) in [6.45, 7) is 15.8. The number of hydrogen-bond donors (Lipinski definition) is 2. The molecule has 1 unspecified atom stereocenters. The molecular formula is C21H38N2O6. The molecule has 0 heterocycles. The molecule has 0 aliphatic rings. The summed E-state index contributed by atoms with van der Waals surface area (Å²) in [5.74, 6) is 0.154. The maximum absolute atomic E-state index is 11.9. The lowest BCUT2D eigenvalue weighted by Gasteiger charge is -2.31. The van der Waals surface area contributed by atoms with Crippen LogP contribution in [0.25, 0.3) is 0 Å². The number of hydrogen-bond acceptors (Lipinski definition) is 6. The van der Waals surface area contributed by atoms with Gasteiger partial charge in [-0.05, 0) is 39.0 Å². The maximum Gasteiger partial charge on any atom is 0.407 e. The predicted octanol–water partition coefficient (Wildman–Crippen LogP) is 3.43. The minimum absolute atomic E-state index is 0.154. The van der Waals surface area contributed by atoms with Crippen molar-refractivity contribution >= 4 is 12.2 Å². The van der Waals surface area contributed by atoms with Gasteiger partial charge in [-0.3, -0.25) is 0 Å². The van der Waals surface area contributed by atoms with E-state index in [1.54, 1.807) is 12.2 Å². The zero-order chi connectivity index (χ0) is 22.0. The van der Waals surface area contributed by atoms with Gasteiger partial charge in [-0.2, -0.15) is 0 Å². The highest BCUT2D eigenvalue weighted by Gasteiger charge is 2.29. The minimum Gasteiger partial charge on any atom is -0.450 e. The summed E-state index contributed by atoms with van der Waals surface area (Å²) < 4.78 is 21.0. The Bertz CT molecular complexity index is 482. The standard InChI is InChI=1S/C21H38N2O6/c1-6-13-26-16-11-22-19(24)28-15-9-8-10-18(3)21(4,5)29-20(25)23-12-17-27-14-7-2/h6-7,18H,1-2,8-17H2,3-5H3,(H,22,24)(H,23,25). The van der Waals surface area contributed by atoms with Crippen LogP contribution in [0.3, 0.4) is 0 Å². The van der Waals surface area contributed by atoms with Crippen molar-refractivity contribution in [2.45, 2.75) is 45.6 Å². The van der Waals surface area contributed by atoms with Crippen molar-refractivity contribution < 1.29 is 28.5 Å². The maximum atomic E-state index is 11.9. The third kappa shape index (κ3) is 15.5. The normalized spacial score (nSPS) is 12.0. The molecule has 2 N–H and O–H groups in total. The Hall–Kier alpha value is -2.06. The summed E-state index contributed by atoms with van der Waals surface area (Å²) in [4.78, 5) is 23.4. The number of rotatable bonds is 17. The van der Waals surface area contributed by atoms with E-state index in [9.17, 15) is 9.59 Å². The van der Waals surface area contributed by atoms with Crippen molar-refractivity contribution in [3.63, 3.8) is 0 Å². The molecule has 8 nitrogen and oxygen atoms in total. The van der Waals surface area contributed by atoms with Gasteiger partial charge in [-0.25, -0.2) is 9.59 Å². The van der Waals surface area contributed by atoms with E-state index in [-0.39, 0.29) is 5.92 Å². The van der Waals surface area contributed by atoms with Crippen molar-refractivity contribution in [1.29, 1.82) is 0 Å². The molecule has 0 aliphatic heterocycles. The molecular weight excluding hydrogens is 376 g/mol. The van der Waals surface area contributed by atoms with Gasteiger partial charge in [0.25, 0.3) is 0 Å². The first kappa shape index (κ1) is 26.9. The molecule has 0 saturated heterocycles. The van der Waals surface area contributed by atoms with Crippen LogP contribution >= 0.6 is 0 Å². The van der Waals surface area contributed by atoms with Crippen LogP contribution in [0.4, 0.5) is 9.59 Å². The van der Waals surface area contributed by atoms with Crippen molar-refractivity contribution in [3.05, 3.63) is 25.3 Å². The highest BCUT2D eigenvalue weighted by Crippen LogP contribution is 2.25. The fraction of sp³-hybridized carbons (Fsp3) is 0.714. The molecule has 2 amide bonds. The Balaban J connectivity index is 3.83. The number of nitrogens with one attached hydrogen (secondary N) is 2. The first-order valence-corrected chi connectivity index (χ1v) is 10.1. The number of carbonyl (C=O) groups is 2. The van der Waals surface area contributed by atoms with Gasteiger partial charge in [0.15, 0.2) is 0 Å². The molecule has 0 aromatic carbocycles. The number of amides is 2. The number of ether oxygens (including phenoxy) is 4. The van der Waals surface area contributed by atoms with E-state index in [1.165, 1.54) is 0 Å². The largest absolute Gasteiger partial charge is 0.450 e. The second-order valence-corrected chi connectivity index (χ2v) is 7.11. The highest BCUT2D eigenvalue weighted by atomic mass is 16.6. The van der Waals surface area contributed by atoms with Gasteiger partial charge < -0.3 is 29.6 Å². The molecule has 0 radical (unpaired) electrons. The summed E-state index contributed by atoms with van der Waals surface area (Å²) in [5.41, 5.74) is -0.601. The Morgan fingerprint density at radius 3 is 2.03 bits per heavy atom. The third-order valence-corrected chi connectivity index (χ3v) is 4.31. The molecule has 0 aliphatic carbocycles. The first-order chi connectivity index (χ1) is 13.8. The number of unbranched alkanes of at least 4 members (excludes halogenated alkanes) is 1. The summed E-state index contributed by atoms with van der Waals surface area (Å²) in [5, 5.41) is 5.29. The van der Waals surface area contributed by atoms with Gasteiger partial charge >= 0.3 is 12.2 Å². The lowest BCUT2D eigenvalue weighted by molar-refractivity contribution is -0.00498. The van der Waals surface area contributed by atoms with Gasteiger partial charge in [0.05, 0.1) is 33.0 Å². The number of carbonyl (C=O) groups excluding carboxylic acids is 2. The van der Waals surface area contributed by atoms with Crippen LogP contribution in [0.15, 0.2) is 25.3 Å². The minimum atomic E-state index is -0.601. The monoisotopic (exact) mass is 414 g/mol. The van der Waals surface area contributed by atoms with Crippen LogP contribution in [-0.2, 0) is 18.9 Å². The van der Waals surface area contributed by atoms with E-state index in [2.05, 4.69) is 23.8 Å². The predicted molar refractivity (Wildman–Crippen MR) is 113 cm³/mol. The van der Waals surface area contributed by atoms with Gasteiger partial charge in [0.2, 0.25) is 0 Å². The second-order valence-electron chi connectivity index (χ2n) is 7.11. The van der Waals surface area contributed by atoms with E-state index in [4.69, 9.17) is 18.9 Å². The molecule has 168 valence electrons. The second kappa shape index (κ2) is 16.9. The first-order valence-electron chi connectivity index (χ1n) is 10.1. The average Bonchev–Trinajstić information content (AvgIpc) is 2.66. The lowest BCUT2D eigenvalue weighted by Crippen LogP contribution is -2.40. The summed E-state index contributed by atoms with van der Waals surface area (Å²) in [7, 11) is 0. The van der Waals surface area contributed by atoms with Gasteiger partial charge in [-0.1, -0.05) is 19.1 Å². The van der Waals surface area contributed by atoms with Gasteiger partial charge in [0, 0.05) is 13.1 Å². The Kier molecular flexibility index (Phi) is 15.7. The zero-order valence-electron chi connectivity index (χ0n) is 18.2. The topological polar surface area (TPSA) is 95.1 Å². The van der Waals surface area contributed by atoms with E-state index in [0.29, 0.717) is 46.1 Å². The van der Waals surface area contributed by atoms with Gasteiger partial charge in [-0.15, -0.1) is 13.2 Å². The summed E-state index contributed by atoms with van der Waals surface area (Å²) in [6.07, 6.45) is 4.86. The molecule has 1 atom stereocenters. The smallest absolute Gasteiger partial charge is 0.407 e.